The maximum atomic E-state index is 12.6. The van der Waals surface area contributed by atoms with E-state index in [1.54, 1.807) is 25.1 Å². The Labute approximate surface area is 141 Å². The number of halogens is 5. The second-order valence-corrected chi connectivity index (χ2v) is 6.06. The number of benzene rings is 2. The van der Waals surface area contributed by atoms with E-state index in [2.05, 4.69) is 0 Å². The predicted octanol–water partition coefficient (Wildman–Crippen LogP) is 6.49. The fraction of sp³-hybridized carbons (Fsp3) is 0.0714. The van der Waals surface area contributed by atoms with Crippen LogP contribution in [-0.2, 0) is 0 Å². The van der Waals surface area contributed by atoms with E-state index in [1.807, 2.05) is 0 Å². The number of hydrogen-bond donors (Lipinski definition) is 0. The van der Waals surface area contributed by atoms with Crippen molar-refractivity contribution < 1.29 is 4.79 Å². The molecule has 0 radical (unpaired) electrons. The summed E-state index contributed by atoms with van der Waals surface area (Å²) in [5.41, 5.74) is 1.19. The van der Waals surface area contributed by atoms with Crippen LogP contribution < -0.4 is 0 Å². The van der Waals surface area contributed by atoms with Gasteiger partial charge in [-0.3, -0.25) is 4.79 Å². The van der Waals surface area contributed by atoms with Crippen LogP contribution in [0.15, 0.2) is 24.3 Å². The Morgan fingerprint density at radius 1 is 0.900 bits per heavy atom. The number of hydrogen-bond acceptors (Lipinski definition) is 1. The number of carbonyl (C=O) groups excluding carboxylic acids is 1. The summed E-state index contributed by atoms with van der Waals surface area (Å²) in [6.45, 7) is 1.74. The molecule has 0 saturated carbocycles. The van der Waals surface area contributed by atoms with Crippen LogP contribution in [0.3, 0.4) is 0 Å². The molecule has 20 heavy (non-hydrogen) atoms. The first-order valence-corrected chi connectivity index (χ1v) is 7.36. The van der Waals surface area contributed by atoms with Gasteiger partial charge in [-0.2, -0.15) is 0 Å². The van der Waals surface area contributed by atoms with Gasteiger partial charge < -0.3 is 0 Å². The molecule has 2 aromatic rings. The molecular weight excluding hydrogens is 361 g/mol. The monoisotopic (exact) mass is 366 g/mol. The molecule has 0 atom stereocenters. The van der Waals surface area contributed by atoms with Crippen molar-refractivity contribution in [1.82, 2.24) is 0 Å². The first-order valence-electron chi connectivity index (χ1n) is 5.47. The van der Waals surface area contributed by atoms with Crippen molar-refractivity contribution in [2.45, 2.75) is 6.92 Å². The standard InChI is InChI=1S/C14H7Cl5O/c1-6-7(3-2-4-8(6)15)14(20)11-9(16)5-10(17)12(18)13(11)19/h2-5H,1H3. The van der Waals surface area contributed by atoms with Crippen molar-refractivity contribution in [3.8, 4) is 0 Å². The van der Waals surface area contributed by atoms with Crippen molar-refractivity contribution in [3.05, 3.63) is 66.1 Å². The van der Waals surface area contributed by atoms with Gasteiger partial charge in [-0.15, -0.1) is 0 Å². The van der Waals surface area contributed by atoms with E-state index in [9.17, 15) is 4.79 Å². The van der Waals surface area contributed by atoms with Crippen molar-refractivity contribution in [1.29, 1.82) is 0 Å². The summed E-state index contributed by atoms with van der Waals surface area (Å²) in [7, 11) is 0. The lowest BCUT2D eigenvalue weighted by Crippen LogP contribution is -2.06. The van der Waals surface area contributed by atoms with Gasteiger partial charge in [-0.25, -0.2) is 0 Å². The molecule has 0 fully saturated rings. The summed E-state index contributed by atoms with van der Waals surface area (Å²) in [5, 5.41) is 0.965. The number of carbonyl (C=O) groups is 1. The van der Waals surface area contributed by atoms with Gasteiger partial charge in [0, 0.05) is 10.6 Å². The van der Waals surface area contributed by atoms with Gasteiger partial charge in [0.2, 0.25) is 0 Å². The maximum absolute atomic E-state index is 12.6. The Hall–Kier alpha value is -0.440. The zero-order valence-corrected chi connectivity index (χ0v) is 13.9. The van der Waals surface area contributed by atoms with Gasteiger partial charge in [0.05, 0.1) is 25.7 Å². The topological polar surface area (TPSA) is 17.1 Å². The SMILES string of the molecule is Cc1c(Cl)cccc1C(=O)c1c(Cl)cc(Cl)c(Cl)c1Cl. The molecule has 0 amide bonds. The highest BCUT2D eigenvalue weighted by atomic mass is 35.5. The third-order valence-corrected chi connectivity index (χ3v) is 4.82. The fourth-order valence-electron chi connectivity index (χ4n) is 1.76. The highest BCUT2D eigenvalue weighted by molar-refractivity contribution is 6.51. The van der Waals surface area contributed by atoms with Crippen molar-refractivity contribution >= 4 is 63.8 Å². The van der Waals surface area contributed by atoms with Gasteiger partial charge in [-0.05, 0) is 24.6 Å². The smallest absolute Gasteiger partial charge is 0.196 e. The van der Waals surface area contributed by atoms with E-state index in [-0.39, 0.29) is 31.4 Å². The summed E-state index contributed by atoms with van der Waals surface area (Å²) in [5.74, 6) is -0.349. The van der Waals surface area contributed by atoms with Gasteiger partial charge in [0.15, 0.2) is 5.78 Å². The van der Waals surface area contributed by atoms with E-state index in [4.69, 9.17) is 58.0 Å². The summed E-state index contributed by atoms with van der Waals surface area (Å²) in [6.07, 6.45) is 0. The molecule has 0 spiro atoms. The average molecular weight is 368 g/mol. The molecule has 6 heteroatoms. The van der Waals surface area contributed by atoms with Gasteiger partial charge in [-0.1, -0.05) is 70.1 Å². The van der Waals surface area contributed by atoms with E-state index >= 15 is 0 Å². The highest BCUT2D eigenvalue weighted by Gasteiger charge is 2.22. The lowest BCUT2D eigenvalue weighted by atomic mass is 9.99. The summed E-state index contributed by atoms with van der Waals surface area (Å²) < 4.78 is 0. The van der Waals surface area contributed by atoms with E-state index in [0.717, 1.165) is 0 Å². The van der Waals surface area contributed by atoms with Crippen LogP contribution in [-0.4, -0.2) is 5.78 Å². The minimum Gasteiger partial charge on any atom is -0.288 e. The first-order chi connectivity index (χ1) is 9.34. The molecule has 2 aromatic carbocycles. The van der Waals surface area contributed by atoms with Crippen LogP contribution in [0.5, 0.6) is 0 Å². The Kier molecular flexibility index (Phi) is 4.88. The normalized spacial score (nSPS) is 10.7. The molecule has 0 aliphatic carbocycles. The average Bonchev–Trinajstić information content (AvgIpc) is 2.39. The zero-order valence-electron chi connectivity index (χ0n) is 10.1. The summed E-state index contributed by atoms with van der Waals surface area (Å²) >= 11 is 30.0. The molecule has 0 aromatic heterocycles. The molecule has 104 valence electrons. The van der Waals surface area contributed by atoms with Crippen molar-refractivity contribution in [2.24, 2.45) is 0 Å². The first kappa shape index (κ1) is 15.9. The van der Waals surface area contributed by atoms with Crippen LogP contribution in [0.4, 0.5) is 0 Å². The van der Waals surface area contributed by atoms with Crippen LogP contribution >= 0.6 is 58.0 Å². The third kappa shape index (κ3) is 2.79. The van der Waals surface area contributed by atoms with Crippen LogP contribution in [0.1, 0.15) is 21.5 Å². The predicted molar refractivity (Wildman–Crippen MR) is 86.1 cm³/mol. The van der Waals surface area contributed by atoms with Gasteiger partial charge in [0.25, 0.3) is 0 Å². The van der Waals surface area contributed by atoms with Crippen LogP contribution in [0, 0.1) is 6.92 Å². The minimum atomic E-state index is -0.349. The molecule has 2 rings (SSSR count). The Balaban J connectivity index is 2.66. The molecule has 0 bridgehead atoms. The molecule has 0 heterocycles. The van der Waals surface area contributed by atoms with Crippen molar-refractivity contribution in [3.63, 3.8) is 0 Å². The Morgan fingerprint density at radius 2 is 1.55 bits per heavy atom. The Morgan fingerprint density at radius 3 is 2.20 bits per heavy atom. The lowest BCUT2D eigenvalue weighted by molar-refractivity contribution is 0.103. The highest BCUT2D eigenvalue weighted by Crippen LogP contribution is 2.39. The van der Waals surface area contributed by atoms with E-state index in [0.29, 0.717) is 16.1 Å². The largest absolute Gasteiger partial charge is 0.288 e. The molecule has 0 saturated heterocycles. The molecule has 0 aliphatic rings. The number of rotatable bonds is 2. The second-order valence-electron chi connectivity index (χ2n) is 4.08. The van der Waals surface area contributed by atoms with E-state index in [1.165, 1.54) is 6.07 Å². The summed E-state index contributed by atoms with van der Waals surface area (Å²) in [6, 6.07) is 6.43. The molecule has 0 unspecified atom stereocenters. The van der Waals surface area contributed by atoms with Gasteiger partial charge >= 0.3 is 0 Å². The number of ketones is 1. The quantitative estimate of drug-likeness (QED) is 0.336. The van der Waals surface area contributed by atoms with Crippen molar-refractivity contribution in [2.75, 3.05) is 0 Å². The maximum Gasteiger partial charge on any atom is 0.196 e. The minimum absolute atomic E-state index is 0.0357. The molecular formula is C14H7Cl5O. The van der Waals surface area contributed by atoms with Crippen LogP contribution in [0.25, 0.3) is 0 Å². The second kappa shape index (κ2) is 6.13. The fourth-order valence-corrected chi connectivity index (χ4v) is 3.02. The molecule has 1 nitrogen and oxygen atoms in total. The zero-order chi connectivity index (χ0) is 15.0. The van der Waals surface area contributed by atoms with Crippen LogP contribution in [0.2, 0.25) is 25.1 Å². The third-order valence-electron chi connectivity index (χ3n) is 2.85. The summed E-state index contributed by atoms with van der Waals surface area (Å²) in [4.78, 5) is 12.6. The van der Waals surface area contributed by atoms with Gasteiger partial charge in [0.1, 0.15) is 0 Å². The lowest BCUT2D eigenvalue weighted by Gasteiger charge is -2.11. The van der Waals surface area contributed by atoms with E-state index < -0.39 is 0 Å². The molecule has 0 aliphatic heterocycles. The Bertz CT molecular complexity index is 709. The molecule has 0 N–H and O–H groups in total.